The van der Waals surface area contributed by atoms with E-state index in [0.717, 1.165) is 48.3 Å². The van der Waals surface area contributed by atoms with Crippen molar-refractivity contribution in [1.82, 2.24) is 9.99 Å². The molecule has 2 aromatic carbocycles. The van der Waals surface area contributed by atoms with Crippen molar-refractivity contribution in [2.75, 3.05) is 18.1 Å². The number of rotatable bonds is 4. The van der Waals surface area contributed by atoms with Crippen molar-refractivity contribution in [2.24, 2.45) is 0 Å². The number of aromatic nitrogens is 1. The Kier molecular flexibility index (Phi) is 4.83. The molecule has 0 radical (unpaired) electrons. The molecule has 2 aliphatic heterocycles. The van der Waals surface area contributed by atoms with Crippen LogP contribution in [-0.4, -0.2) is 29.0 Å². The van der Waals surface area contributed by atoms with Crippen LogP contribution in [0.1, 0.15) is 36.0 Å². The number of hydrogen-bond acceptors (Lipinski definition) is 3. The standard InChI is InChI=1S/C25H24FN3O/c26-23-17-19(13-14-27-23)18-25(20-9-3-1-4-10-20)21-11-5-6-12-22(21)29(24(25)30)28-15-7-2-8-16-28/h1,3-6,9-14,17H,2,7-8,15-16,18H2. The van der Waals surface area contributed by atoms with Gasteiger partial charge in [0.05, 0.1) is 5.69 Å². The van der Waals surface area contributed by atoms with Gasteiger partial charge >= 0.3 is 0 Å². The second-order valence-electron chi connectivity index (χ2n) is 8.08. The number of piperidine rings is 1. The van der Waals surface area contributed by atoms with Crippen LogP contribution in [0.3, 0.4) is 0 Å². The maximum atomic E-state index is 14.2. The lowest BCUT2D eigenvalue weighted by Gasteiger charge is -2.37. The van der Waals surface area contributed by atoms with Gasteiger partial charge in [-0.2, -0.15) is 4.39 Å². The first-order valence-corrected chi connectivity index (χ1v) is 10.5. The van der Waals surface area contributed by atoms with Crippen molar-refractivity contribution in [3.05, 3.63) is 95.6 Å². The molecule has 0 saturated carbocycles. The zero-order valence-corrected chi connectivity index (χ0v) is 16.8. The van der Waals surface area contributed by atoms with E-state index in [0.29, 0.717) is 6.42 Å². The minimum absolute atomic E-state index is 0.0361. The molecule has 1 atom stereocenters. The van der Waals surface area contributed by atoms with Crippen LogP contribution >= 0.6 is 0 Å². The number of carbonyl (C=O) groups excluding carboxylic acids is 1. The number of fused-ring (bicyclic) bond motifs is 1. The highest BCUT2D eigenvalue weighted by Gasteiger charge is 2.53. The topological polar surface area (TPSA) is 36.4 Å². The largest absolute Gasteiger partial charge is 0.272 e. The van der Waals surface area contributed by atoms with Crippen molar-refractivity contribution in [3.8, 4) is 0 Å². The number of nitrogens with zero attached hydrogens (tertiary/aromatic N) is 3. The second kappa shape index (κ2) is 7.65. The molecule has 1 aromatic heterocycles. The fourth-order valence-electron chi connectivity index (χ4n) is 4.92. The number of pyridine rings is 1. The molecule has 3 aromatic rings. The molecule has 1 saturated heterocycles. The van der Waals surface area contributed by atoms with Gasteiger partial charge < -0.3 is 0 Å². The van der Waals surface area contributed by atoms with E-state index in [4.69, 9.17) is 0 Å². The van der Waals surface area contributed by atoms with E-state index in [-0.39, 0.29) is 5.91 Å². The van der Waals surface area contributed by atoms with Gasteiger partial charge in [0, 0.05) is 19.3 Å². The molecule has 5 rings (SSSR count). The maximum absolute atomic E-state index is 14.2. The van der Waals surface area contributed by atoms with E-state index in [1.165, 1.54) is 18.7 Å². The van der Waals surface area contributed by atoms with Gasteiger partial charge in [-0.3, -0.25) is 4.79 Å². The SMILES string of the molecule is O=C1N(N2CCCCC2)c2ccccc2C1(Cc1ccnc(F)c1)c1ccccc1. The van der Waals surface area contributed by atoms with E-state index in [1.807, 2.05) is 59.6 Å². The molecule has 0 spiro atoms. The number of hydrogen-bond donors (Lipinski definition) is 0. The van der Waals surface area contributed by atoms with Gasteiger partial charge in [0.15, 0.2) is 0 Å². The highest BCUT2D eigenvalue weighted by molar-refractivity contribution is 6.10. The number of amides is 1. The minimum Gasteiger partial charge on any atom is -0.272 e. The Hall–Kier alpha value is -3.05. The first-order chi connectivity index (χ1) is 14.7. The monoisotopic (exact) mass is 401 g/mol. The molecule has 1 amide bonds. The van der Waals surface area contributed by atoms with E-state index in [1.54, 1.807) is 6.07 Å². The summed E-state index contributed by atoms with van der Waals surface area (Å²) in [6.07, 6.45) is 5.22. The number of para-hydroxylation sites is 1. The minimum atomic E-state index is -0.900. The van der Waals surface area contributed by atoms with E-state index in [9.17, 15) is 9.18 Å². The number of hydrazine groups is 1. The molecule has 0 bridgehead atoms. The first kappa shape index (κ1) is 18.9. The summed E-state index contributed by atoms with van der Waals surface area (Å²) in [4.78, 5) is 17.9. The number of halogens is 1. The van der Waals surface area contributed by atoms with Crippen LogP contribution in [0.5, 0.6) is 0 Å². The fraction of sp³-hybridized carbons (Fsp3) is 0.280. The zero-order valence-electron chi connectivity index (χ0n) is 16.8. The van der Waals surface area contributed by atoms with Gasteiger partial charge in [-0.15, -0.1) is 0 Å². The van der Waals surface area contributed by atoms with Crippen molar-refractivity contribution in [1.29, 1.82) is 0 Å². The van der Waals surface area contributed by atoms with Crippen LogP contribution in [0.15, 0.2) is 72.9 Å². The van der Waals surface area contributed by atoms with Crippen molar-refractivity contribution in [3.63, 3.8) is 0 Å². The third-order valence-electron chi connectivity index (χ3n) is 6.29. The number of carbonyl (C=O) groups is 1. The van der Waals surface area contributed by atoms with Gasteiger partial charge in [0.25, 0.3) is 5.91 Å². The summed E-state index contributed by atoms with van der Waals surface area (Å²) in [5, 5.41) is 4.07. The quantitative estimate of drug-likeness (QED) is 0.604. The molecule has 2 aliphatic rings. The summed E-state index contributed by atoms with van der Waals surface area (Å²) in [6.45, 7) is 1.74. The van der Waals surface area contributed by atoms with E-state index < -0.39 is 11.4 Å². The molecule has 0 N–H and O–H groups in total. The highest BCUT2D eigenvalue weighted by Crippen LogP contribution is 2.49. The molecule has 30 heavy (non-hydrogen) atoms. The Bertz CT molecular complexity index is 1060. The van der Waals surface area contributed by atoms with Crippen LogP contribution in [0.4, 0.5) is 10.1 Å². The Morgan fingerprint density at radius 1 is 0.933 bits per heavy atom. The van der Waals surface area contributed by atoms with Crippen LogP contribution in [0.2, 0.25) is 0 Å². The Morgan fingerprint density at radius 3 is 2.43 bits per heavy atom. The normalized spacial score (nSPS) is 21.6. The fourth-order valence-corrected chi connectivity index (χ4v) is 4.92. The van der Waals surface area contributed by atoms with Gasteiger partial charge in [0.2, 0.25) is 5.95 Å². The average molecular weight is 401 g/mol. The van der Waals surface area contributed by atoms with Crippen molar-refractivity contribution in [2.45, 2.75) is 31.1 Å². The van der Waals surface area contributed by atoms with Gasteiger partial charge in [-0.1, -0.05) is 55.0 Å². The van der Waals surface area contributed by atoms with Crippen molar-refractivity contribution < 1.29 is 9.18 Å². The summed E-state index contributed by atoms with van der Waals surface area (Å²) in [5.41, 5.74) is 2.70. The highest BCUT2D eigenvalue weighted by atomic mass is 19.1. The Morgan fingerprint density at radius 2 is 1.67 bits per heavy atom. The molecule has 152 valence electrons. The smallest absolute Gasteiger partial charge is 0.257 e. The predicted octanol–water partition coefficient (Wildman–Crippen LogP) is 4.50. The van der Waals surface area contributed by atoms with Gasteiger partial charge in [-0.05, 0) is 54.2 Å². The van der Waals surface area contributed by atoms with Crippen LogP contribution < -0.4 is 5.01 Å². The van der Waals surface area contributed by atoms with E-state index in [2.05, 4.69) is 9.99 Å². The van der Waals surface area contributed by atoms with Crippen molar-refractivity contribution >= 4 is 11.6 Å². The molecule has 1 fully saturated rings. The van der Waals surface area contributed by atoms with Gasteiger partial charge in [0.1, 0.15) is 5.41 Å². The first-order valence-electron chi connectivity index (χ1n) is 10.5. The predicted molar refractivity (Wildman–Crippen MR) is 114 cm³/mol. The average Bonchev–Trinajstić information content (AvgIpc) is 3.04. The van der Waals surface area contributed by atoms with Crippen LogP contribution in [0.25, 0.3) is 0 Å². The molecule has 5 heteroatoms. The molecule has 3 heterocycles. The lowest BCUT2D eigenvalue weighted by atomic mass is 9.71. The summed E-state index contributed by atoms with van der Waals surface area (Å²) in [7, 11) is 0. The van der Waals surface area contributed by atoms with E-state index >= 15 is 0 Å². The van der Waals surface area contributed by atoms with Crippen LogP contribution in [0, 0.1) is 5.95 Å². The summed E-state index contributed by atoms with van der Waals surface area (Å²) in [5.74, 6) is -0.489. The third-order valence-corrected chi connectivity index (χ3v) is 6.29. The molecular weight excluding hydrogens is 377 g/mol. The number of benzene rings is 2. The van der Waals surface area contributed by atoms with Gasteiger partial charge in [-0.25, -0.2) is 15.0 Å². The third kappa shape index (κ3) is 3.01. The Labute approximate surface area is 175 Å². The lowest BCUT2D eigenvalue weighted by Crippen LogP contribution is -2.52. The summed E-state index contributed by atoms with van der Waals surface area (Å²) < 4.78 is 13.9. The molecular formula is C25H24FN3O. The zero-order chi connectivity index (χ0) is 20.6. The lowest BCUT2D eigenvalue weighted by molar-refractivity contribution is -0.125. The maximum Gasteiger partial charge on any atom is 0.257 e. The summed E-state index contributed by atoms with van der Waals surface area (Å²) in [6, 6.07) is 21.2. The number of anilines is 1. The second-order valence-corrected chi connectivity index (χ2v) is 8.08. The molecule has 0 aliphatic carbocycles. The van der Waals surface area contributed by atoms with Crippen LogP contribution in [-0.2, 0) is 16.6 Å². The Balaban J connectivity index is 1.70. The summed E-state index contributed by atoms with van der Waals surface area (Å²) >= 11 is 0. The molecule has 1 unspecified atom stereocenters. The molecule has 4 nitrogen and oxygen atoms in total.